The van der Waals surface area contributed by atoms with Crippen LogP contribution in [0, 0.1) is 0 Å². The number of ether oxygens (including phenoxy) is 7. The number of Topliss-reactive ketones (excluding diaryl/α,β-unsaturated/α-hetero) is 1. The third-order valence-electron chi connectivity index (χ3n) is 9.37. The maximum absolute atomic E-state index is 13.0. The summed E-state index contributed by atoms with van der Waals surface area (Å²) in [6.45, 7) is 2.31. The van der Waals surface area contributed by atoms with E-state index >= 15 is 0 Å². The van der Waals surface area contributed by atoms with E-state index in [4.69, 9.17) is 33.2 Å². The molecule has 0 amide bonds. The van der Waals surface area contributed by atoms with E-state index in [9.17, 15) is 50.8 Å². The Morgan fingerprint density at radius 2 is 1.34 bits per heavy atom. The zero-order valence-electron chi connectivity index (χ0n) is 27.0. The van der Waals surface area contributed by atoms with Crippen LogP contribution in [0.25, 0.3) is 0 Å². The van der Waals surface area contributed by atoms with E-state index in [1.807, 2.05) is 6.07 Å². The number of hydrogen-bond acceptors (Lipinski definition) is 17. The second-order valence-electron chi connectivity index (χ2n) is 12.9. The molecule has 0 spiro atoms. The number of phenols is 1. The zero-order chi connectivity index (χ0) is 36.0. The Balaban J connectivity index is 1.26. The lowest BCUT2D eigenvalue weighted by atomic mass is 9.95. The van der Waals surface area contributed by atoms with Gasteiger partial charge in [0.1, 0.15) is 83.9 Å². The van der Waals surface area contributed by atoms with E-state index < -0.39 is 111 Å². The van der Waals surface area contributed by atoms with Gasteiger partial charge in [-0.1, -0.05) is 30.3 Å². The molecule has 4 heterocycles. The molecule has 3 saturated heterocycles. The van der Waals surface area contributed by atoms with Crippen molar-refractivity contribution in [2.45, 2.75) is 118 Å². The normalized spacial score (nSPS) is 42.0. The fourth-order valence-electron chi connectivity index (χ4n) is 6.37. The SMILES string of the molecule is C[C@@H]1O[C@@H](OC[C@H]2O[C@@H](Oc3cc(O)c4c(c3)O[C@H](c3ccccc3)CC4=O)[C@H](O[C@@H]3O[C@@H](C)[C@H](O)[C@@H](O)[C@H]3O)[C@@H](O)[C@@H]2O)[C@H](O)[C@H](O)[C@H]1O. The number of aliphatic hydroxyl groups is 8. The van der Waals surface area contributed by atoms with Gasteiger partial charge in [-0.2, -0.15) is 0 Å². The highest BCUT2D eigenvalue weighted by Gasteiger charge is 2.52. The van der Waals surface area contributed by atoms with Crippen LogP contribution in [0.4, 0.5) is 0 Å². The third kappa shape index (κ3) is 7.20. The minimum atomic E-state index is -1.85. The van der Waals surface area contributed by atoms with Gasteiger partial charge in [-0.25, -0.2) is 0 Å². The van der Waals surface area contributed by atoms with Gasteiger partial charge in [0.05, 0.1) is 25.2 Å². The number of rotatable bonds is 8. The number of ketones is 1. The number of aliphatic hydroxyl groups excluding tert-OH is 8. The molecule has 4 aliphatic heterocycles. The highest BCUT2D eigenvalue weighted by molar-refractivity contribution is 6.02. The standard InChI is InChI=1S/C33H42O17/c1-12-22(36)25(39)28(42)31(45-12)44-11-20-24(38)27(41)30(50-32-29(43)26(40)23(37)13(2)46-32)33(49-20)47-15-8-16(34)21-17(35)10-18(48-19(21)9-15)14-6-4-3-5-7-14/h3-9,12-13,18,20,22-34,36-43H,10-11H2,1-2H3/t12-,13-,18-,20+,22-,23-,24+,25+,26+,27-,28+,29+,30+,31+,32-,33+/m0/s1. The molecule has 0 aromatic heterocycles. The van der Waals surface area contributed by atoms with Crippen LogP contribution in [0.5, 0.6) is 17.2 Å². The molecule has 0 radical (unpaired) electrons. The first-order chi connectivity index (χ1) is 23.7. The van der Waals surface area contributed by atoms with Crippen LogP contribution >= 0.6 is 0 Å². The maximum atomic E-state index is 13.0. The minimum absolute atomic E-state index is 0.00545. The predicted octanol–water partition coefficient (Wildman–Crippen LogP) is -2.02. The fraction of sp³-hybridized carbons (Fsp3) is 0.606. The van der Waals surface area contributed by atoms with E-state index in [2.05, 4.69) is 0 Å². The van der Waals surface area contributed by atoms with Crippen LogP contribution in [0.3, 0.4) is 0 Å². The van der Waals surface area contributed by atoms with Gasteiger partial charge in [-0.05, 0) is 19.4 Å². The van der Waals surface area contributed by atoms with Gasteiger partial charge in [0.2, 0.25) is 6.29 Å². The molecule has 3 fully saturated rings. The van der Waals surface area contributed by atoms with Gasteiger partial charge in [-0.3, -0.25) is 4.79 Å². The summed E-state index contributed by atoms with van der Waals surface area (Å²) in [5.41, 5.74) is 0.647. The lowest BCUT2D eigenvalue weighted by Crippen LogP contribution is -2.65. The van der Waals surface area contributed by atoms with Crippen LogP contribution in [0.15, 0.2) is 42.5 Å². The molecule has 0 saturated carbocycles. The Labute approximate surface area is 285 Å². The van der Waals surface area contributed by atoms with Crippen LogP contribution < -0.4 is 9.47 Å². The van der Waals surface area contributed by atoms with Crippen molar-refractivity contribution < 1.29 is 83.9 Å². The van der Waals surface area contributed by atoms with Gasteiger partial charge < -0.3 is 79.1 Å². The first-order valence-electron chi connectivity index (χ1n) is 16.2. The van der Waals surface area contributed by atoms with Crippen molar-refractivity contribution >= 4 is 5.78 Å². The molecule has 4 aliphatic rings. The van der Waals surface area contributed by atoms with Gasteiger partial charge in [0.15, 0.2) is 24.5 Å². The molecule has 50 heavy (non-hydrogen) atoms. The molecule has 276 valence electrons. The summed E-state index contributed by atoms with van der Waals surface area (Å²) in [5, 5.41) is 94.8. The lowest BCUT2D eigenvalue weighted by molar-refractivity contribution is -0.360. The summed E-state index contributed by atoms with van der Waals surface area (Å²) < 4.78 is 40.4. The van der Waals surface area contributed by atoms with Crippen LogP contribution in [-0.2, 0) is 23.7 Å². The zero-order valence-corrected chi connectivity index (χ0v) is 27.0. The minimum Gasteiger partial charge on any atom is -0.507 e. The van der Waals surface area contributed by atoms with Crippen LogP contribution in [0.1, 0.15) is 42.3 Å². The molecule has 0 bridgehead atoms. The Hall–Kier alpha value is -3.01. The van der Waals surface area contributed by atoms with Crippen LogP contribution in [0.2, 0.25) is 0 Å². The Morgan fingerprint density at radius 3 is 2.00 bits per heavy atom. The lowest BCUT2D eigenvalue weighted by Gasteiger charge is -2.46. The quantitative estimate of drug-likeness (QED) is 0.143. The molecule has 0 aliphatic carbocycles. The van der Waals surface area contributed by atoms with Crippen molar-refractivity contribution in [1.82, 2.24) is 0 Å². The molecule has 0 unspecified atom stereocenters. The summed E-state index contributed by atoms with van der Waals surface area (Å²) in [7, 11) is 0. The van der Waals surface area contributed by atoms with E-state index in [0.29, 0.717) is 0 Å². The molecular weight excluding hydrogens is 668 g/mol. The van der Waals surface area contributed by atoms with Gasteiger partial charge in [-0.15, -0.1) is 0 Å². The monoisotopic (exact) mass is 710 g/mol. The maximum Gasteiger partial charge on any atom is 0.229 e. The van der Waals surface area contributed by atoms with Gasteiger partial charge in [0, 0.05) is 12.1 Å². The molecule has 17 nitrogen and oxygen atoms in total. The first-order valence-corrected chi connectivity index (χ1v) is 16.2. The summed E-state index contributed by atoms with van der Waals surface area (Å²) in [6, 6.07) is 11.4. The van der Waals surface area contributed by atoms with Crippen molar-refractivity contribution in [1.29, 1.82) is 0 Å². The second-order valence-corrected chi connectivity index (χ2v) is 12.9. The van der Waals surface area contributed by atoms with Gasteiger partial charge >= 0.3 is 0 Å². The molecular formula is C33H42O17. The number of phenolic OH excluding ortho intramolecular Hbond substituents is 1. The highest BCUT2D eigenvalue weighted by atomic mass is 16.8. The average molecular weight is 711 g/mol. The number of benzene rings is 2. The number of hydrogen-bond donors (Lipinski definition) is 9. The van der Waals surface area contributed by atoms with E-state index in [0.717, 1.165) is 11.6 Å². The second kappa shape index (κ2) is 14.9. The number of carbonyl (C=O) groups excluding carboxylic acids is 1. The molecule has 2 aromatic rings. The highest BCUT2D eigenvalue weighted by Crippen LogP contribution is 2.43. The Kier molecular flexibility index (Phi) is 11.0. The van der Waals surface area contributed by atoms with Crippen molar-refractivity contribution in [3.05, 3.63) is 53.6 Å². The largest absolute Gasteiger partial charge is 0.507 e. The number of carbonyl (C=O) groups is 1. The molecule has 2 aromatic carbocycles. The first kappa shape index (κ1) is 36.8. The summed E-state index contributed by atoms with van der Waals surface area (Å²) in [6.07, 6.45) is -23.8. The van der Waals surface area contributed by atoms with Crippen LogP contribution in [-0.4, -0.2) is 150 Å². The molecule has 6 rings (SSSR count). The Bertz CT molecular complexity index is 1480. The molecule has 9 N–H and O–H groups in total. The summed E-state index contributed by atoms with van der Waals surface area (Å²) >= 11 is 0. The summed E-state index contributed by atoms with van der Waals surface area (Å²) in [4.78, 5) is 13.0. The van der Waals surface area contributed by atoms with Gasteiger partial charge in [0.25, 0.3) is 0 Å². The average Bonchev–Trinajstić information content (AvgIpc) is 3.09. The van der Waals surface area contributed by atoms with E-state index in [1.165, 1.54) is 19.9 Å². The van der Waals surface area contributed by atoms with E-state index in [-0.39, 0.29) is 29.3 Å². The van der Waals surface area contributed by atoms with Crippen molar-refractivity contribution in [2.75, 3.05) is 6.61 Å². The Morgan fingerprint density at radius 1 is 0.720 bits per heavy atom. The third-order valence-corrected chi connectivity index (χ3v) is 9.37. The predicted molar refractivity (Wildman–Crippen MR) is 164 cm³/mol. The smallest absolute Gasteiger partial charge is 0.229 e. The van der Waals surface area contributed by atoms with Crippen molar-refractivity contribution in [3.63, 3.8) is 0 Å². The molecule has 17 heteroatoms. The van der Waals surface area contributed by atoms with E-state index in [1.54, 1.807) is 24.3 Å². The number of fused-ring (bicyclic) bond motifs is 1. The topological polar surface area (TPSA) is 264 Å². The molecule has 16 atom stereocenters. The summed E-state index contributed by atoms with van der Waals surface area (Å²) in [5.74, 6) is -0.991. The van der Waals surface area contributed by atoms with Crippen molar-refractivity contribution in [3.8, 4) is 17.2 Å². The fourth-order valence-corrected chi connectivity index (χ4v) is 6.37. The number of aromatic hydroxyl groups is 1. The van der Waals surface area contributed by atoms with Crippen molar-refractivity contribution in [2.24, 2.45) is 0 Å².